The van der Waals surface area contributed by atoms with Crippen LogP contribution in [0.15, 0.2) is 40.0 Å². The Balaban J connectivity index is 2.64. The van der Waals surface area contributed by atoms with Crippen molar-refractivity contribution in [3.63, 3.8) is 0 Å². The molecule has 0 saturated heterocycles. The number of allylic oxidation sites excluding steroid dienone is 1. The van der Waals surface area contributed by atoms with Gasteiger partial charge in [-0.05, 0) is 0 Å². The van der Waals surface area contributed by atoms with Gasteiger partial charge >= 0.3 is 135 Å². The minimum atomic E-state index is -0.364. The van der Waals surface area contributed by atoms with Crippen LogP contribution in [-0.4, -0.2) is 26.0 Å². The number of rotatable bonds is 10. The topological polar surface area (TPSA) is 20.2 Å². The van der Waals surface area contributed by atoms with Crippen LogP contribution >= 0.6 is 0 Å². The van der Waals surface area contributed by atoms with Crippen LogP contribution in [0.25, 0.3) is 0 Å². The molecule has 2 heteroatoms. The monoisotopic (exact) mass is 390 g/mol. The van der Waals surface area contributed by atoms with Crippen molar-refractivity contribution in [2.75, 3.05) is 0 Å². The van der Waals surface area contributed by atoms with Gasteiger partial charge in [0.2, 0.25) is 0 Å². The van der Waals surface area contributed by atoms with Gasteiger partial charge in [-0.25, -0.2) is 0 Å². The molecule has 0 aliphatic heterocycles. The van der Waals surface area contributed by atoms with E-state index in [1.807, 2.05) is 30.3 Å². The van der Waals surface area contributed by atoms with E-state index >= 15 is 0 Å². The normalized spacial score (nSPS) is 13.4. The SMILES string of the molecule is CCCCC/C=C(/[Te]CCCC)C(O)c1ccccc1. The Morgan fingerprint density at radius 2 is 1.80 bits per heavy atom. The maximum atomic E-state index is 10.6. The van der Waals surface area contributed by atoms with Crippen molar-refractivity contribution in [1.29, 1.82) is 0 Å². The predicted octanol–water partition coefficient (Wildman–Crippen LogP) is 5.11. The first-order valence-electron chi connectivity index (χ1n) is 7.85. The van der Waals surface area contributed by atoms with Gasteiger partial charge in [-0.3, -0.25) is 0 Å². The molecule has 0 saturated carbocycles. The molecule has 1 rings (SSSR count). The average molecular weight is 388 g/mol. The van der Waals surface area contributed by atoms with Gasteiger partial charge in [0.05, 0.1) is 0 Å². The van der Waals surface area contributed by atoms with Gasteiger partial charge in [-0.15, -0.1) is 0 Å². The summed E-state index contributed by atoms with van der Waals surface area (Å²) in [5.41, 5.74) is 1.05. The van der Waals surface area contributed by atoms with Crippen molar-refractivity contribution in [2.24, 2.45) is 0 Å². The van der Waals surface area contributed by atoms with Crippen molar-refractivity contribution in [3.8, 4) is 0 Å². The fourth-order valence-electron chi connectivity index (χ4n) is 2.02. The Kier molecular flexibility index (Phi) is 10.1. The van der Waals surface area contributed by atoms with E-state index in [1.54, 1.807) is 0 Å². The molecular weight excluding hydrogens is 360 g/mol. The summed E-state index contributed by atoms with van der Waals surface area (Å²) in [7, 11) is 0. The molecule has 1 atom stereocenters. The zero-order valence-corrected chi connectivity index (χ0v) is 15.2. The van der Waals surface area contributed by atoms with E-state index in [4.69, 9.17) is 0 Å². The van der Waals surface area contributed by atoms with Crippen LogP contribution in [0.4, 0.5) is 0 Å². The summed E-state index contributed by atoms with van der Waals surface area (Å²) in [6, 6.07) is 10.1. The molecule has 1 N–H and O–H groups in total. The number of hydrogen-bond acceptors (Lipinski definition) is 1. The summed E-state index contributed by atoms with van der Waals surface area (Å²) < 4.78 is 2.65. The van der Waals surface area contributed by atoms with E-state index in [9.17, 15) is 5.11 Å². The van der Waals surface area contributed by atoms with Gasteiger partial charge in [0.1, 0.15) is 0 Å². The standard InChI is InChI=1S/C18H28OTe/c1-3-5-7-11-14-17(20-15-6-4-2)18(19)16-12-9-8-10-13-16/h8-10,12-14,18-19H,3-7,11,15H2,1-2H3/b17-14+. The molecule has 0 amide bonds. The Labute approximate surface area is 134 Å². The number of benzene rings is 1. The molecule has 0 aromatic heterocycles. The zero-order chi connectivity index (χ0) is 14.6. The predicted molar refractivity (Wildman–Crippen MR) is 89.1 cm³/mol. The van der Waals surface area contributed by atoms with Crippen LogP contribution in [0.1, 0.15) is 64.0 Å². The van der Waals surface area contributed by atoms with Crippen LogP contribution in [0.3, 0.4) is 0 Å². The van der Waals surface area contributed by atoms with Crippen molar-refractivity contribution in [2.45, 2.75) is 62.9 Å². The van der Waals surface area contributed by atoms with Crippen molar-refractivity contribution < 1.29 is 5.11 Å². The molecule has 0 radical (unpaired) electrons. The number of aliphatic hydroxyl groups excluding tert-OH is 1. The average Bonchev–Trinajstić information content (AvgIpc) is 2.50. The van der Waals surface area contributed by atoms with E-state index in [0.29, 0.717) is 0 Å². The molecule has 112 valence electrons. The summed E-state index contributed by atoms with van der Waals surface area (Å²) in [5.74, 6) is 0. The molecule has 1 unspecified atom stereocenters. The molecule has 0 bridgehead atoms. The minimum absolute atomic E-state index is 0.215. The Morgan fingerprint density at radius 3 is 2.45 bits per heavy atom. The maximum absolute atomic E-state index is 10.6. The fourth-order valence-corrected chi connectivity index (χ4v) is 5.44. The zero-order valence-electron chi connectivity index (χ0n) is 12.8. The van der Waals surface area contributed by atoms with Gasteiger partial charge < -0.3 is 0 Å². The van der Waals surface area contributed by atoms with Gasteiger partial charge in [0, 0.05) is 0 Å². The van der Waals surface area contributed by atoms with E-state index in [-0.39, 0.29) is 27.0 Å². The summed E-state index contributed by atoms with van der Waals surface area (Å²) >= 11 is -0.215. The van der Waals surface area contributed by atoms with Gasteiger partial charge in [0.15, 0.2) is 0 Å². The second-order valence-corrected chi connectivity index (χ2v) is 8.45. The second kappa shape index (κ2) is 11.4. The first kappa shape index (κ1) is 17.8. The van der Waals surface area contributed by atoms with Crippen molar-refractivity contribution in [3.05, 3.63) is 45.6 Å². The third-order valence-corrected chi connectivity index (χ3v) is 6.78. The number of hydrogen-bond donors (Lipinski definition) is 1. The fraction of sp³-hybridized carbons (Fsp3) is 0.556. The molecule has 0 fully saturated rings. The molecule has 1 aromatic carbocycles. The van der Waals surface area contributed by atoms with E-state index in [2.05, 4.69) is 19.9 Å². The third-order valence-electron chi connectivity index (χ3n) is 3.30. The molecular formula is C18H28OTe. The van der Waals surface area contributed by atoms with E-state index in [1.165, 1.54) is 40.2 Å². The van der Waals surface area contributed by atoms with Crippen LogP contribution < -0.4 is 0 Å². The quantitative estimate of drug-likeness (QED) is 0.437. The Hall–Kier alpha value is -0.290. The summed E-state index contributed by atoms with van der Waals surface area (Å²) in [6.07, 6.45) is 9.47. The number of unbranched alkanes of at least 4 members (excludes halogenated alkanes) is 4. The van der Waals surface area contributed by atoms with Gasteiger partial charge in [0.25, 0.3) is 0 Å². The van der Waals surface area contributed by atoms with Gasteiger partial charge in [-0.1, -0.05) is 0 Å². The van der Waals surface area contributed by atoms with Gasteiger partial charge in [-0.2, -0.15) is 0 Å². The third kappa shape index (κ3) is 6.93. The molecule has 20 heavy (non-hydrogen) atoms. The Morgan fingerprint density at radius 1 is 1.10 bits per heavy atom. The summed E-state index contributed by atoms with van der Waals surface area (Å²) in [5, 5.41) is 10.6. The molecule has 0 aliphatic rings. The molecule has 1 aromatic rings. The van der Waals surface area contributed by atoms with Crippen LogP contribution in [0.2, 0.25) is 4.47 Å². The van der Waals surface area contributed by atoms with Crippen LogP contribution in [-0.2, 0) is 0 Å². The molecule has 0 heterocycles. The molecule has 1 nitrogen and oxygen atoms in total. The van der Waals surface area contributed by atoms with Crippen LogP contribution in [0.5, 0.6) is 0 Å². The molecule has 0 spiro atoms. The van der Waals surface area contributed by atoms with Crippen molar-refractivity contribution in [1.82, 2.24) is 0 Å². The first-order valence-corrected chi connectivity index (χ1v) is 10.7. The first-order chi connectivity index (χ1) is 9.79. The summed E-state index contributed by atoms with van der Waals surface area (Å²) in [4.78, 5) is 0. The van der Waals surface area contributed by atoms with E-state index < -0.39 is 0 Å². The molecule has 0 aliphatic carbocycles. The van der Waals surface area contributed by atoms with Crippen molar-refractivity contribution >= 4 is 20.9 Å². The Bertz CT molecular complexity index is 372. The van der Waals surface area contributed by atoms with Crippen LogP contribution in [0, 0.1) is 0 Å². The summed E-state index contributed by atoms with van der Waals surface area (Å²) in [6.45, 7) is 4.48. The van der Waals surface area contributed by atoms with E-state index in [0.717, 1.165) is 12.0 Å². The second-order valence-electron chi connectivity index (χ2n) is 5.12. The number of aliphatic hydroxyl groups is 1.